The Kier molecular flexibility index (Phi) is 31.6. The van der Waals surface area contributed by atoms with Crippen molar-refractivity contribution >= 4 is 16.0 Å². The van der Waals surface area contributed by atoms with Crippen molar-refractivity contribution in [1.29, 1.82) is 0 Å². The molecule has 0 fully saturated rings. The summed E-state index contributed by atoms with van der Waals surface area (Å²) >= 11 is 0. The second-order valence-corrected chi connectivity index (χ2v) is 14.5. The van der Waals surface area contributed by atoms with Crippen LogP contribution in [-0.2, 0) is 14.9 Å². The number of nitrogens with one attached hydrogen (secondary N) is 1. The summed E-state index contributed by atoms with van der Waals surface area (Å²) in [5, 5.41) is 23.3. The molecule has 0 saturated heterocycles. The molecule has 3 unspecified atom stereocenters. The van der Waals surface area contributed by atoms with Crippen LogP contribution in [0.1, 0.15) is 168 Å². The Balaban J connectivity index is 4.13. The highest BCUT2D eigenvalue weighted by atomic mass is 32.2. The van der Waals surface area contributed by atoms with E-state index in [9.17, 15) is 28.0 Å². The second-order valence-electron chi connectivity index (χ2n) is 13.0. The van der Waals surface area contributed by atoms with Crippen LogP contribution < -0.4 is 5.32 Å². The van der Waals surface area contributed by atoms with Gasteiger partial charge in [-0.1, -0.05) is 152 Å². The predicted octanol–water partition coefficient (Wildman–Crippen LogP) is 9.71. The smallest absolute Gasteiger partial charge is 0.267 e. The van der Waals surface area contributed by atoms with Crippen LogP contribution in [0.25, 0.3) is 0 Å². The lowest BCUT2D eigenvalue weighted by molar-refractivity contribution is -0.130. The number of rotatable bonds is 33. The van der Waals surface area contributed by atoms with Gasteiger partial charge < -0.3 is 15.5 Å². The zero-order valence-corrected chi connectivity index (χ0v) is 30.8. The van der Waals surface area contributed by atoms with Crippen molar-refractivity contribution < 1.29 is 28.0 Å². The molecule has 3 atom stereocenters. The van der Waals surface area contributed by atoms with E-state index in [1.807, 2.05) is 0 Å². The molecule has 8 heteroatoms. The number of aliphatic hydroxyl groups excluding tert-OH is 2. The Morgan fingerprint density at radius 1 is 0.574 bits per heavy atom. The third-order valence-electron chi connectivity index (χ3n) is 8.31. The molecule has 274 valence electrons. The van der Waals surface area contributed by atoms with E-state index in [4.69, 9.17) is 0 Å². The minimum atomic E-state index is -4.45. The zero-order valence-electron chi connectivity index (χ0n) is 30.0. The average molecular weight is 682 g/mol. The first-order chi connectivity index (χ1) is 22.7. The Hall–Kier alpha value is -1.74. The maximum atomic E-state index is 12.5. The molecule has 0 heterocycles. The summed E-state index contributed by atoms with van der Waals surface area (Å²) in [6.45, 7) is 4.44. The third-order valence-corrected chi connectivity index (χ3v) is 9.09. The first kappa shape index (κ1) is 45.3. The van der Waals surface area contributed by atoms with Crippen LogP contribution in [0, 0.1) is 0 Å². The summed E-state index contributed by atoms with van der Waals surface area (Å²) < 4.78 is 32.4. The minimum absolute atomic E-state index is 0.263. The van der Waals surface area contributed by atoms with Crippen molar-refractivity contribution in [3.05, 3.63) is 48.6 Å². The average Bonchev–Trinajstić information content (AvgIpc) is 3.03. The van der Waals surface area contributed by atoms with Gasteiger partial charge in [0, 0.05) is 0 Å². The number of amides is 1. The van der Waals surface area contributed by atoms with Gasteiger partial charge in [0.1, 0.15) is 6.10 Å². The summed E-state index contributed by atoms with van der Waals surface area (Å²) in [5.74, 6) is -1.58. The van der Waals surface area contributed by atoms with Crippen LogP contribution >= 0.6 is 0 Å². The van der Waals surface area contributed by atoms with E-state index >= 15 is 0 Å². The van der Waals surface area contributed by atoms with Crippen molar-refractivity contribution in [2.45, 2.75) is 186 Å². The Labute approximate surface area is 289 Å². The molecule has 0 saturated carbocycles. The van der Waals surface area contributed by atoms with E-state index in [2.05, 4.69) is 55.6 Å². The Bertz CT molecular complexity index is 943. The molecular weight excluding hydrogens is 610 g/mol. The van der Waals surface area contributed by atoms with Gasteiger partial charge in [-0.2, -0.15) is 8.42 Å². The second kappa shape index (κ2) is 32.8. The molecule has 0 aromatic carbocycles. The fourth-order valence-corrected chi connectivity index (χ4v) is 6.08. The van der Waals surface area contributed by atoms with Gasteiger partial charge in [-0.05, 0) is 64.2 Å². The van der Waals surface area contributed by atoms with E-state index in [1.54, 1.807) is 6.08 Å². The monoisotopic (exact) mass is 682 g/mol. The lowest BCUT2D eigenvalue weighted by Crippen LogP contribution is -2.50. The van der Waals surface area contributed by atoms with Crippen molar-refractivity contribution in [3.8, 4) is 0 Å². The normalized spacial score (nSPS) is 14.6. The van der Waals surface area contributed by atoms with Crippen LogP contribution in [-0.4, -0.2) is 53.1 Å². The largest absolute Gasteiger partial charge is 0.387 e. The van der Waals surface area contributed by atoms with Gasteiger partial charge in [0.15, 0.2) is 0 Å². The van der Waals surface area contributed by atoms with Gasteiger partial charge in [0.25, 0.3) is 10.1 Å². The molecule has 0 aliphatic carbocycles. The fourth-order valence-electron chi connectivity index (χ4n) is 5.35. The topological polar surface area (TPSA) is 124 Å². The number of carbonyl (C=O) groups excluding carboxylic acids is 1. The molecule has 0 aromatic rings. The van der Waals surface area contributed by atoms with E-state index < -0.39 is 40.0 Å². The highest BCUT2D eigenvalue weighted by Gasteiger charge is 2.27. The highest BCUT2D eigenvalue weighted by molar-refractivity contribution is 7.85. The first-order valence-corrected chi connectivity index (χ1v) is 20.6. The molecule has 0 radical (unpaired) electrons. The third kappa shape index (κ3) is 32.6. The lowest BCUT2D eigenvalue weighted by Gasteiger charge is -2.22. The molecule has 47 heavy (non-hydrogen) atoms. The van der Waals surface area contributed by atoms with Gasteiger partial charge in [-0.3, -0.25) is 9.35 Å². The Morgan fingerprint density at radius 2 is 0.979 bits per heavy atom. The number of hydrogen-bond donors (Lipinski definition) is 4. The molecule has 4 N–H and O–H groups in total. The molecule has 0 bridgehead atoms. The maximum absolute atomic E-state index is 12.5. The summed E-state index contributed by atoms with van der Waals surface area (Å²) in [4.78, 5) is 12.5. The van der Waals surface area contributed by atoms with Crippen LogP contribution in [0.3, 0.4) is 0 Å². The number of aliphatic hydroxyl groups is 2. The molecule has 7 nitrogen and oxygen atoms in total. The van der Waals surface area contributed by atoms with E-state index in [-0.39, 0.29) is 6.42 Å². The summed E-state index contributed by atoms with van der Waals surface area (Å²) in [5.41, 5.74) is 0. The fraction of sp³-hybridized carbons (Fsp3) is 0.769. The molecule has 0 spiro atoms. The maximum Gasteiger partial charge on any atom is 0.267 e. The van der Waals surface area contributed by atoms with Crippen molar-refractivity contribution in [2.24, 2.45) is 0 Å². The number of allylic oxidation sites excluding steroid dienone is 7. The molecule has 1 amide bonds. The molecule has 0 aliphatic rings. The zero-order chi connectivity index (χ0) is 34.9. The summed E-state index contributed by atoms with van der Waals surface area (Å²) in [6.07, 6.45) is 40.3. The van der Waals surface area contributed by atoms with E-state index in [1.165, 1.54) is 89.5 Å². The lowest BCUT2D eigenvalue weighted by atomic mass is 10.0. The minimum Gasteiger partial charge on any atom is -0.387 e. The highest BCUT2D eigenvalue weighted by Crippen LogP contribution is 2.13. The summed E-state index contributed by atoms with van der Waals surface area (Å²) in [7, 11) is -4.45. The Morgan fingerprint density at radius 3 is 1.47 bits per heavy atom. The van der Waals surface area contributed by atoms with Gasteiger partial charge >= 0.3 is 0 Å². The molecule has 0 aromatic heterocycles. The molecule has 0 aliphatic heterocycles. The summed E-state index contributed by atoms with van der Waals surface area (Å²) in [6, 6.07) is -1.26. The predicted molar refractivity (Wildman–Crippen MR) is 199 cm³/mol. The standard InChI is InChI=1S/C39H71NO6S/c1-3-5-7-9-11-13-15-17-18-19-20-21-22-24-26-28-30-32-34-38(42)39(43)40-36(35-47(44,45)46)37(41)33-31-29-27-25-23-16-14-12-10-8-6-4-2/h10,12,19-20,23,25,31,33,36-38,41-42H,3-9,11,13-18,21-22,24,26-30,32,34-35H2,1-2H3,(H,40,43)(H,44,45,46)/b12-10+,20-19-,25-23+,33-31+. The van der Waals surface area contributed by atoms with Crippen LogP contribution in [0.5, 0.6) is 0 Å². The van der Waals surface area contributed by atoms with Crippen molar-refractivity contribution in [3.63, 3.8) is 0 Å². The quantitative estimate of drug-likeness (QED) is 0.0311. The van der Waals surface area contributed by atoms with Gasteiger partial charge in [-0.15, -0.1) is 0 Å². The van der Waals surface area contributed by atoms with Crippen LogP contribution in [0.15, 0.2) is 48.6 Å². The van der Waals surface area contributed by atoms with E-state index in [0.717, 1.165) is 51.4 Å². The number of hydrogen-bond acceptors (Lipinski definition) is 5. The van der Waals surface area contributed by atoms with E-state index in [0.29, 0.717) is 12.8 Å². The SMILES string of the molecule is CCCC/C=C/CC/C=C/CC/C=C/C(O)C(CS(=O)(=O)O)NC(=O)C(O)CCCCCCCC/C=C\CCCCCCCCCC. The van der Waals surface area contributed by atoms with Crippen molar-refractivity contribution in [1.82, 2.24) is 5.32 Å². The van der Waals surface area contributed by atoms with Gasteiger partial charge in [0.2, 0.25) is 5.91 Å². The van der Waals surface area contributed by atoms with Gasteiger partial charge in [0.05, 0.1) is 17.9 Å². The van der Waals surface area contributed by atoms with Crippen LogP contribution in [0.2, 0.25) is 0 Å². The van der Waals surface area contributed by atoms with Crippen LogP contribution in [0.4, 0.5) is 0 Å². The molecule has 0 rings (SSSR count). The number of unbranched alkanes of at least 4 members (excludes halogenated alkanes) is 18. The van der Waals surface area contributed by atoms with Gasteiger partial charge in [-0.25, -0.2) is 0 Å². The first-order valence-electron chi connectivity index (χ1n) is 18.9. The van der Waals surface area contributed by atoms with Crippen molar-refractivity contribution in [2.75, 3.05) is 5.75 Å². The molecular formula is C39H71NO6S. The number of carbonyl (C=O) groups is 1.